The molecule has 29 heavy (non-hydrogen) atoms. The van der Waals surface area contributed by atoms with Crippen LogP contribution in [0, 0.1) is 0 Å². The average molecular weight is 421 g/mol. The van der Waals surface area contributed by atoms with Gasteiger partial charge >= 0.3 is 6.09 Å². The van der Waals surface area contributed by atoms with Crippen LogP contribution < -0.4 is 9.47 Å². The first-order chi connectivity index (χ1) is 13.7. The highest BCUT2D eigenvalue weighted by Gasteiger charge is 2.45. The van der Waals surface area contributed by atoms with E-state index in [4.69, 9.17) is 25.8 Å². The van der Waals surface area contributed by atoms with Crippen LogP contribution in [-0.4, -0.2) is 56.8 Å². The summed E-state index contributed by atoms with van der Waals surface area (Å²) >= 11 is 6.16. The molecule has 2 aliphatic heterocycles. The molecule has 2 saturated heterocycles. The summed E-state index contributed by atoms with van der Waals surface area (Å²) in [4.78, 5) is 27.2. The van der Waals surface area contributed by atoms with Gasteiger partial charge in [-0.3, -0.25) is 0 Å². The number of aromatic nitrogens is 3. The largest absolute Gasteiger partial charge is 0.491 e. The lowest BCUT2D eigenvalue weighted by molar-refractivity contribution is -0.00788. The van der Waals surface area contributed by atoms with Crippen molar-refractivity contribution in [2.75, 3.05) is 7.11 Å². The molecule has 1 unspecified atom stereocenters. The summed E-state index contributed by atoms with van der Waals surface area (Å²) in [6.45, 7) is 5.65. The number of ether oxygens (including phenoxy) is 3. The zero-order chi connectivity index (χ0) is 20.8. The van der Waals surface area contributed by atoms with E-state index in [1.165, 1.54) is 6.33 Å². The maximum absolute atomic E-state index is 12.6. The second kappa shape index (κ2) is 7.48. The highest BCUT2D eigenvalue weighted by molar-refractivity contribution is 6.33. The molecule has 4 heterocycles. The fraction of sp³-hybridized carbons (Fsp3) is 0.600. The predicted octanol–water partition coefficient (Wildman–Crippen LogP) is 4.00. The Morgan fingerprint density at radius 1 is 1.21 bits per heavy atom. The van der Waals surface area contributed by atoms with Gasteiger partial charge in [-0.05, 0) is 33.6 Å². The molecular formula is C20H25ClN4O4. The van der Waals surface area contributed by atoms with Gasteiger partial charge in [-0.25, -0.2) is 19.7 Å². The second-order valence-corrected chi connectivity index (χ2v) is 8.87. The van der Waals surface area contributed by atoms with Gasteiger partial charge in [0, 0.05) is 31.0 Å². The molecule has 2 aromatic rings. The van der Waals surface area contributed by atoms with Crippen molar-refractivity contribution in [2.24, 2.45) is 0 Å². The molecule has 0 spiro atoms. The third-order valence-electron chi connectivity index (χ3n) is 5.29. The van der Waals surface area contributed by atoms with E-state index in [1.807, 2.05) is 25.7 Å². The predicted molar refractivity (Wildman–Crippen MR) is 107 cm³/mol. The maximum atomic E-state index is 12.6. The minimum atomic E-state index is -0.506. The smallest absolute Gasteiger partial charge is 0.410 e. The minimum absolute atomic E-state index is 0.0755. The average Bonchev–Trinajstić information content (AvgIpc) is 2.92. The molecule has 2 aromatic heterocycles. The van der Waals surface area contributed by atoms with E-state index in [9.17, 15) is 4.79 Å². The van der Waals surface area contributed by atoms with Crippen molar-refractivity contribution in [2.45, 2.75) is 70.2 Å². The number of carbonyl (C=O) groups is 1. The van der Waals surface area contributed by atoms with Gasteiger partial charge in [0.2, 0.25) is 0 Å². The van der Waals surface area contributed by atoms with E-state index in [-0.39, 0.29) is 29.4 Å². The number of hydrogen-bond acceptors (Lipinski definition) is 7. The number of methoxy groups -OCH3 is 1. The first-order valence-electron chi connectivity index (χ1n) is 9.78. The Bertz CT molecular complexity index is 919. The van der Waals surface area contributed by atoms with Crippen LogP contribution in [0.4, 0.5) is 4.79 Å². The van der Waals surface area contributed by atoms with Gasteiger partial charge in [-0.2, -0.15) is 0 Å². The fourth-order valence-corrected chi connectivity index (χ4v) is 4.33. The quantitative estimate of drug-likeness (QED) is 0.693. The monoisotopic (exact) mass is 420 g/mol. The topological polar surface area (TPSA) is 86.7 Å². The van der Waals surface area contributed by atoms with E-state index >= 15 is 0 Å². The van der Waals surface area contributed by atoms with Crippen LogP contribution in [0.2, 0.25) is 5.15 Å². The summed E-state index contributed by atoms with van der Waals surface area (Å²) in [5.74, 6) is 0.862. The van der Waals surface area contributed by atoms with Gasteiger partial charge in [0.25, 0.3) is 5.88 Å². The van der Waals surface area contributed by atoms with E-state index < -0.39 is 5.60 Å². The maximum Gasteiger partial charge on any atom is 0.410 e. The van der Waals surface area contributed by atoms with Gasteiger partial charge in [-0.15, -0.1) is 0 Å². The Hall–Kier alpha value is -2.35. The SMILES string of the molecule is COc1cc2ncnc(Cl)c2nc1OC1C[C@H]2CC[C@@H](C1)N2C(=O)OC(C)(C)C. The molecule has 0 radical (unpaired) electrons. The minimum Gasteiger partial charge on any atom is -0.491 e. The van der Waals surface area contributed by atoms with Crippen LogP contribution >= 0.6 is 11.6 Å². The van der Waals surface area contributed by atoms with Crippen LogP contribution in [0.5, 0.6) is 11.6 Å². The number of pyridine rings is 1. The van der Waals surface area contributed by atoms with Gasteiger partial charge in [0.05, 0.1) is 12.6 Å². The number of piperidine rings is 1. The summed E-state index contributed by atoms with van der Waals surface area (Å²) in [6, 6.07) is 1.95. The summed E-state index contributed by atoms with van der Waals surface area (Å²) in [5, 5.41) is 0.266. The third-order valence-corrected chi connectivity index (χ3v) is 5.57. The van der Waals surface area contributed by atoms with Crippen molar-refractivity contribution < 1.29 is 19.0 Å². The second-order valence-electron chi connectivity index (χ2n) is 8.51. The molecule has 2 fully saturated rings. The van der Waals surface area contributed by atoms with Crippen molar-refractivity contribution in [3.63, 3.8) is 0 Å². The van der Waals surface area contributed by atoms with E-state index in [0.29, 0.717) is 22.7 Å². The Balaban J connectivity index is 1.52. The molecule has 8 nitrogen and oxygen atoms in total. The molecule has 9 heteroatoms. The van der Waals surface area contributed by atoms with Gasteiger partial charge in [-0.1, -0.05) is 11.6 Å². The Morgan fingerprint density at radius 3 is 2.52 bits per heavy atom. The van der Waals surface area contributed by atoms with Crippen molar-refractivity contribution >= 4 is 28.7 Å². The van der Waals surface area contributed by atoms with E-state index in [1.54, 1.807) is 13.2 Å². The molecule has 0 N–H and O–H groups in total. The molecule has 2 aliphatic rings. The molecular weight excluding hydrogens is 396 g/mol. The van der Waals surface area contributed by atoms with E-state index in [0.717, 1.165) is 25.7 Å². The summed E-state index contributed by atoms with van der Waals surface area (Å²) in [6.07, 6.45) is 4.41. The molecule has 2 bridgehead atoms. The number of amides is 1. The molecule has 156 valence electrons. The number of fused-ring (bicyclic) bond motifs is 3. The van der Waals surface area contributed by atoms with E-state index in [2.05, 4.69) is 15.0 Å². The van der Waals surface area contributed by atoms with Crippen molar-refractivity contribution in [3.05, 3.63) is 17.5 Å². The molecule has 4 rings (SSSR count). The molecule has 0 aliphatic carbocycles. The summed E-state index contributed by atoms with van der Waals surface area (Å²) < 4.78 is 17.3. The van der Waals surface area contributed by atoms with Crippen LogP contribution in [0.3, 0.4) is 0 Å². The molecule has 0 aromatic carbocycles. The van der Waals surface area contributed by atoms with Gasteiger partial charge < -0.3 is 19.1 Å². The standard InChI is InChI=1S/C20H25ClN4O4/c1-20(2,3)29-19(26)25-11-5-6-12(25)8-13(7-11)28-18-15(27-4)9-14-16(24-18)17(21)23-10-22-14/h9-13H,5-8H2,1-4H3/t11-,12+,13?. The number of nitrogens with zero attached hydrogens (tertiary/aromatic N) is 4. The van der Waals surface area contributed by atoms with Crippen molar-refractivity contribution in [1.82, 2.24) is 19.9 Å². The first-order valence-corrected chi connectivity index (χ1v) is 10.2. The Morgan fingerprint density at radius 2 is 1.90 bits per heavy atom. The van der Waals surface area contributed by atoms with Crippen LogP contribution in [0.25, 0.3) is 11.0 Å². The summed E-state index contributed by atoms with van der Waals surface area (Å²) in [5.41, 5.74) is 0.557. The van der Waals surface area contributed by atoms with Crippen molar-refractivity contribution in [1.29, 1.82) is 0 Å². The number of carbonyl (C=O) groups excluding carboxylic acids is 1. The number of hydrogen-bond donors (Lipinski definition) is 0. The van der Waals surface area contributed by atoms with Gasteiger partial charge in [0.15, 0.2) is 10.9 Å². The van der Waals surface area contributed by atoms with Crippen LogP contribution in [-0.2, 0) is 4.74 Å². The summed E-state index contributed by atoms with van der Waals surface area (Å²) in [7, 11) is 1.56. The van der Waals surface area contributed by atoms with Crippen LogP contribution in [0.1, 0.15) is 46.5 Å². The Labute approximate surface area is 174 Å². The Kier molecular flexibility index (Phi) is 5.14. The number of rotatable bonds is 3. The lowest BCUT2D eigenvalue weighted by atomic mass is 10.0. The lowest BCUT2D eigenvalue weighted by Gasteiger charge is -2.39. The zero-order valence-corrected chi connectivity index (χ0v) is 17.8. The molecule has 3 atom stereocenters. The van der Waals surface area contributed by atoms with Crippen molar-refractivity contribution in [3.8, 4) is 11.6 Å². The third kappa shape index (κ3) is 4.03. The first kappa shape index (κ1) is 19.9. The lowest BCUT2D eigenvalue weighted by Crippen LogP contribution is -2.50. The number of halogens is 1. The zero-order valence-electron chi connectivity index (χ0n) is 17.0. The highest BCUT2D eigenvalue weighted by atomic mass is 35.5. The molecule has 0 saturated carbocycles. The fourth-order valence-electron chi connectivity index (χ4n) is 4.15. The van der Waals surface area contributed by atoms with Gasteiger partial charge in [0.1, 0.15) is 23.5 Å². The normalized spacial score (nSPS) is 23.9. The molecule has 1 amide bonds. The van der Waals surface area contributed by atoms with Crippen LogP contribution in [0.15, 0.2) is 12.4 Å². The highest BCUT2D eigenvalue weighted by Crippen LogP contribution is 2.39.